The zero-order chi connectivity index (χ0) is 12.0. The van der Waals surface area contributed by atoms with Crippen LogP contribution in [0.3, 0.4) is 0 Å². The van der Waals surface area contributed by atoms with E-state index in [9.17, 15) is 4.79 Å². The van der Waals surface area contributed by atoms with Crippen molar-refractivity contribution in [3.05, 3.63) is 11.8 Å². The molecule has 0 saturated carbocycles. The Morgan fingerprint density at radius 3 is 2.53 bits per heavy atom. The summed E-state index contributed by atoms with van der Waals surface area (Å²) in [5, 5.41) is 16.0. The van der Waals surface area contributed by atoms with Crippen LogP contribution in [0.2, 0.25) is 0 Å². The monoisotopic (exact) mass is 230 g/mol. The minimum atomic E-state index is -1.12. The number of allylic oxidation sites excluding steroid dienone is 1. The molecular formula is C9H14N2O3S. The van der Waals surface area contributed by atoms with E-state index in [0.29, 0.717) is 0 Å². The van der Waals surface area contributed by atoms with Crippen molar-refractivity contribution in [2.45, 2.75) is 26.9 Å². The first-order valence-electron chi connectivity index (χ1n) is 4.27. The number of carboxylic acid groups (broad SMARTS) is 1. The first-order chi connectivity index (χ1) is 6.88. The van der Waals surface area contributed by atoms with Gasteiger partial charge in [0.2, 0.25) is 0 Å². The lowest BCUT2D eigenvalue weighted by molar-refractivity contribution is -0.132. The average Bonchev–Trinajstić information content (AvgIpc) is 2.11. The molecule has 0 aliphatic heterocycles. The van der Waals surface area contributed by atoms with Gasteiger partial charge in [-0.25, -0.2) is 9.79 Å². The lowest BCUT2D eigenvalue weighted by Gasteiger charge is -2.11. The number of carbonyl (C=O) groups is 1. The van der Waals surface area contributed by atoms with Crippen LogP contribution in [-0.2, 0) is 9.53 Å². The molecule has 15 heavy (non-hydrogen) atoms. The number of aliphatic carboxylic acids is 1. The third-order valence-electron chi connectivity index (χ3n) is 1.44. The second-order valence-corrected chi connectivity index (χ2v) is 3.22. The summed E-state index contributed by atoms with van der Waals surface area (Å²) in [6.45, 7) is 4.69. The highest BCUT2D eigenvalue weighted by atomic mass is 32.1. The SMILES string of the molecule is C/C=C(\N=C(\S)C(C)OC(C)=N)C(=O)O. The summed E-state index contributed by atoms with van der Waals surface area (Å²) in [6.07, 6.45) is 0.836. The molecule has 0 aromatic carbocycles. The van der Waals surface area contributed by atoms with E-state index < -0.39 is 12.1 Å². The van der Waals surface area contributed by atoms with Crippen LogP contribution in [0, 0.1) is 5.41 Å². The first-order valence-corrected chi connectivity index (χ1v) is 4.72. The Balaban J connectivity index is 4.68. The molecule has 0 rings (SSSR count). The number of aliphatic imine (C=N–C) groups is 1. The average molecular weight is 230 g/mol. The molecule has 0 amide bonds. The Hall–Kier alpha value is -1.30. The minimum absolute atomic E-state index is 0.0293. The maximum absolute atomic E-state index is 10.6. The molecule has 1 atom stereocenters. The van der Waals surface area contributed by atoms with E-state index in [-0.39, 0.29) is 16.6 Å². The molecule has 0 aromatic rings. The van der Waals surface area contributed by atoms with E-state index in [1.165, 1.54) is 13.0 Å². The molecule has 2 N–H and O–H groups in total. The van der Waals surface area contributed by atoms with E-state index in [4.69, 9.17) is 15.3 Å². The van der Waals surface area contributed by atoms with Crippen LogP contribution in [0.25, 0.3) is 0 Å². The Morgan fingerprint density at radius 2 is 2.20 bits per heavy atom. The van der Waals surface area contributed by atoms with Crippen molar-refractivity contribution < 1.29 is 14.6 Å². The predicted octanol–water partition coefficient (Wildman–Crippen LogP) is 1.71. The zero-order valence-corrected chi connectivity index (χ0v) is 9.71. The van der Waals surface area contributed by atoms with Gasteiger partial charge >= 0.3 is 5.97 Å². The second kappa shape index (κ2) is 6.23. The normalized spacial score (nSPS) is 14.7. The summed E-state index contributed by atoms with van der Waals surface area (Å²) in [7, 11) is 0. The van der Waals surface area contributed by atoms with Crippen LogP contribution >= 0.6 is 12.6 Å². The molecule has 84 valence electrons. The van der Waals surface area contributed by atoms with Crippen molar-refractivity contribution >= 4 is 29.5 Å². The molecule has 0 spiro atoms. The molecule has 1 unspecified atom stereocenters. The third kappa shape index (κ3) is 5.21. The van der Waals surface area contributed by atoms with Crippen molar-refractivity contribution in [3.63, 3.8) is 0 Å². The number of ether oxygens (including phenoxy) is 1. The lowest BCUT2D eigenvalue weighted by atomic mass is 10.4. The summed E-state index contributed by atoms with van der Waals surface area (Å²) in [4.78, 5) is 14.4. The molecule has 0 fully saturated rings. The van der Waals surface area contributed by atoms with Crippen LogP contribution in [0.4, 0.5) is 0 Å². The quantitative estimate of drug-likeness (QED) is 0.297. The van der Waals surface area contributed by atoms with Crippen molar-refractivity contribution in [2.24, 2.45) is 4.99 Å². The highest BCUT2D eigenvalue weighted by molar-refractivity contribution is 7.97. The summed E-state index contributed by atoms with van der Waals surface area (Å²) < 4.78 is 4.99. The van der Waals surface area contributed by atoms with Gasteiger partial charge in [0.05, 0.1) is 0 Å². The molecule has 5 nitrogen and oxygen atoms in total. The van der Waals surface area contributed by atoms with Crippen LogP contribution in [0.15, 0.2) is 16.8 Å². The number of thiol groups is 1. The summed E-state index contributed by atoms with van der Waals surface area (Å²) in [5.41, 5.74) is -0.0990. The van der Waals surface area contributed by atoms with Crippen LogP contribution in [0.1, 0.15) is 20.8 Å². The smallest absolute Gasteiger partial charge is 0.354 e. The second-order valence-electron chi connectivity index (χ2n) is 2.77. The molecular weight excluding hydrogens is 216 g/mol. The summed E-state index contributed by atoms with van der Waals surface area (Å²) in [5.74, 6) is -1.09. The molecule has 6 heteroatoms. The van der Waals surface area contributed by atoms with Gasteiger partial charge in [0.15, 0.2) is 5.90 Å². The van der Waals surface area contributed by atoms with Gasteiger partial charge in [-0.15, -0.1) is 12.6 Å². The predicted molar refractivity (Wildman–Crippen MR) is 61.8 cm³/mol. The molecule has 0 aliphatic carbocycles. The van der Waals surface area contributed by atoms with Gasteiger partial charge in [-0.1, -0.05) is 6.08 Å². The molecule has 0 heterocycles. The van der Waals surface area contributed by atoms with Gasteiger partial charge in [0.25, 0.3) is 0 Å². The number of nitrogens with one attached hydrogen (secondary N) is 1. The number of hydrogen-bond acceptors (Lipinski definition) is 4. The van der Waals surface area contributed by atoms with Crippen LogP contribution in [0.5, 0.6) is 0 Å². The Bertz CT molecular complexity index is 323. The Kier molecular flexibility index (Phi) is 5.69. The van der Waals surface area contributed by atoms with Gasteiger partial charge in [-0.2, -0.15) is 0 Å². The number of hydrogen-bond donors (Lipinski definition) is 3. The van der Waals surface area contributed by atoms with Gasteiger partial charge in [0, 0.05) is 6.92 Å². The molecule has 0 saturated heterocycles. The Morgan fingerprint density at radius 1 is 1.67 bits per heavy atom. The van der Waals surface area contributed by atoms with Crippen molar-refractivity contribution in [3.8, 4) is 0 Å². The number of carboxylic acids is 1. The highest BCUT2D eigenvalue weighted by Gasteiger charge is 2.11. The summed E-state index contributed by atoms with van der Waals surface area (Å²) >= 11 is 4.01. The van der Waals surface area contributed by atoms with E-state index in [1.807, 2.05) is 0 Å². The van der Waals surface area contributed by atoms with E-state index in [2.05, 4.69) is 17.6 Å². The van der Waals surface area contributed by atoms with Gasteiger partial charge < -0.3 is 9.84 Å². The van der Waals surface area contributed by atoms with Crippen LogP contribution in [-0.4, -0.2) is 28.1 Å². The molecule has 0 aliphatic rings. The van der Waals surface area contributed by atoms with Crippen molar-refractivity contribution in [2.75, 3.05) is 0 Å². The Labute approximate surface area is 93.8 Å². The molecule has 0 aromatic heterocycles. The standard InChI is InChI=1S/C9H14N2O3S/c1-4-7(9(12)13)11-8(15)5(2)14-6(3)10/h4-5,10H,1-3H3,(H,11,15)(H,12,13)/b7-4-,10-6?. The maximum atomic E-state index is 10.6. The fourth-order valence-electron chi connectivity index (χ4n) is 0.768. The van der Waals surface area contributed by atoms with Gasteiger partial charge in [0.1, 0.15) is 16.8 Å². The van der Waals surface area contributed by atoms with Crippen molar-refractivity contribution in [1.82, 2.24) is 0 Å². The van der Waals surface area contributed by atoms with E-state index in [1.54, 1.807) is 13.8 Å². The van der Waals surface area contributed by atoms with Gasteiger partial charge in [-0.05, 0) is 13.8 Å². The lowest BCUT2D eigenvalue weighted by Crippen LogP contribution is -2.19. The maximum Gasteiger partial charge on any atom is 0.354 e. The van der Waals surface area contributed by atoms with Crippen LogP contribution < -0.4 is 0 Å². The molecule has 0 radical (unpaired) electrons. The fraction of sp³-hybridized carbons (Fsp3) is 0.444. The fourth-order valence-corrected chi connectivity index (χ4v) is 0.928. The first kappa shape index (κ1) is 13.7. The van der Waals surface area contributed by atoms with Gasteiger partial charge in [-0.3, -0.25) is 5.41 Å². The zero-order valence-electron chi connectivity index (χ0n) is 8.81. The molecule has 0 bridgehead atoms. The third-order valence-corrected chi connectivity index (χ3v) is 1.91. The summed E-state index contributed by atoms with van der Waals surface area (Å²) in [6, 6.07) is 0. The minimum Gasteiger partial charge on any atom is -0.477 e. The number of nitrogens with zero attached hydrogens (tertiary/aromatic N) is 1. The number of rotatable bonds is 4. The topological polar surface area (TPSA) is 82.7 Å². The highest BCUT2D eigenvalue weighted by Crippen LogP contribution is 2.05. The largest absolute Gasteiger partial charge is 0.477 e. The van der Waals surface area contributed by atoms with E-state index in [0.717, 1.165) is 0 Å². The van der Waals surface area contributed by atoms with Crippen molar-refractivity contribution in [1.29, 1.82) is 5.41 Å². The van der Waals surface area contributed by atoms with E-state index >= 15 is 0 Å².